The van der Waals surface area contributed by atoms with E-state index >= 15 is 0 Å². The van der Waals surface area contributed by atoms with E-state index in [2.05, 4.69) is 9.97 Å². The number of carbonyl (C=O) groups is 1. The Morgan fingerprint density at radius 3 is 2.42 bits per heavy atom. The Bertz CT molecular complexity index is 1090. The molecule has 26 heavy (non-hydrogen) atoms. The van der Waals surface area contributed by atoms with Gasteiger partial charge >= 0.3 is 5.97 Å². The summed E-state index contributed by atoms with van der Waals surface area (Å²) < 4.78 is 10.1. The normalized spacial score (nSPS) is 10.5. The number of H-pyrrole nitrogens is 1. The fourth-order valence-corrected chi connectivity index (χ4v) is 3.01. The Kier molecular flexibility index (Phi) is 4.82. The average Bonchev–Trinajstić information content (AvgIpc) is 3.05. The van der Waals surface area contributed by atoms with Gasteiger partial charge < -0.3 is 14.5 Å². The standard InChI is InChI=1S/C20H16N2O3.ClH/c1-24-13-9-7-12(8-10-13)18-19-15(11-17(22-18)20(23)25-2)14-5-3-4-6-16(14)21-19;/h3-11,21H,1-2H3;1H. The SMILES string of the molecule is COC(=O)c1cc2c([nH]c3ccccc32)c(-c2ccc(OC)cc2)n1.Cl. The van der Waals surface area contributed by atoms with Crippen molar-refractivity contribution in [3.05, 3.63) is 60.3 Å². The monoisotopic (exact) mass is 368 g/mol. The predicted octanol–water partition coefficient (Wildman–Crippen LogP) is 4.60. The van der Waals surface area contributed by atoms with E-state index in [-0.39, 0.29) is 18.1 Å². The Hall–Kier alpha value is -3.05. The molecule has 0 unspecified atom stereocenters. The van der Waals surface area contributed by atoms with E-state index < -0.39 is 5.97 Å². The number of benzene rings is 2. The minimum absolute atomic E-state index is 0. The lowest BCUT2D eigenvalue weighted by Crippen LogP contribution is -2.05. The topological polar surface area (TPSA) is 64.2 Å². The highest BCUT2D eigenvalue weighted by atomic mass is 35.5. The molecule has 4 aromatic rings. The highest BCUT2D eigenvalue weighted by Crippen LogP contribution is 2.33. The molecule has 2 heterocycles. The maximum Gasteiger partial charge on any atom is 0.356 e. The molecule has 0 saturated carbocycles. The number of methoxy groups -OCH3 is 2. The molecule has 6 heteroatoms. The van der Waals surface area contributed by atoms with E-state index in [1.165, 1.54) is 7.11 Å². The summed E-state index contributed by atoms with van der Waals surface area (Å²) in [6.45, 7) is 0. The summed E-state index contributed by atoms with van der Waals surface area (Å²) >= 11 is 0. The minimum atomic E-state index is -0.457. The van der Waals surface area contributed by atoms with Crippen molar-refractivity contribution in [3.63, 3.8) is 0 Å². The van der Waals surface area contributed by atoms with Crippen LogP contribution >= 0.6 is 12.4 Å². The van der Waals surface area contributed by atoms with Crippen LogP contribution in [0.1, 0.15) is 10.5 Å². The van der Waals surface area contributed by atoms with Crippen LogP contribution in [0.25, 0.3) is 33.1 Å². The summed E-state index contributed by atoms with van der Waals surface area (Å²) in [5.41, 5.74) is 3.76. The number of ether oxygens (including phenoxy) is 2. The maximum atomic E-state index is 12.1. The number of halogens is 1. The first-order chi connectivity index (χ1) is 12.2. The van der Waals surface area contributed by atoms with E-state index in [9.17, 15) is 4.79 Å². The van der Waals surface area contributed by atoms with Gasteiger partial charge in [0.05, 0.1) is 25.4 Å². The van der Waals surface area contributed by atoms with Gasteiger partial charge in [0.25, 0.3) is 0 Å². The third-order valence-corrected chi connectivity index (χ3v) is 4.25. The average molecular weight is 369 g/mol. The Balaban J connectivity index is 0.00000196. The fraction of sp³-hybridized carbons (Fsp3) is 0.100. The van der Waals surface area contributed by atoms with E-state index in [0.29, 0.717) is 5.69 Å². The van der Waals surface area contributed by atoms with Gasteiger partial charge in [-0.3, -0.25) is 0 Å². The summed E-state index contributed by atoms with van der Waals surface area (Å²) in [6, 6.07) is 17.3. The van der Waals surface area contributed by atoms with E-state index in [1.54, 1.807) is 13.2 Å². The first kappa shape index (κ1) is 17.8. The number of nitrogens with one attached hydrogen (secondary N) is 1. The molecule has 0 aliphatic rings. The quantitative estimate of drug-likeness (QED) is 0.537. The van der Waals surface area contributed by atoms with Crippen LogP contribution in [0.3, 0.4) is 0 Å². The molecule has 0 fully saturated rings. The molecule has 2 aromatic heterocycles. The molecule has 0 aliphatic heterocycles. The number of carbonyl (C=O) groups excluding carboxylic acids is 1. The van der Waals surface area contributed by atoms with Crippen molar-refractivity contribution in [1.82, 2.24) is 9.97 Å². The maximum absolute atomic E-state index is 12.1. The molecule has 0 atom stereocenters. The van der Waals surface area contributed by atoms with E-state index in [0.717, 1.165) is 33.1 Å². The van der Waals surface area contributed by atoms with Gasteiger partial charge in [-0.1, -0.05) is 18.2 Å². The number of aromatic nitrogens is 2. The van der Waals surface area contributed by atoms with Crippen LogP contribution < -0.4 is 4.74 Å². The lowest BCUT2D eigenvalue weighted by Gasteiger charge is -2.07. The Morgan fingerprint density at radius 1 is 1.00 bits per heavy atom. The van der Waals surface area contributed by atoms with Crippen LogP contribution in [0.4, 0.5) is 0 Å². The molecular formula is C20H17ClN2O3. The second kappa shape index (κ2) is 7.06. The minimum Gasteiger partial charge on any atom is -0.497 e. The van der Waals surface area contributed by atoms with Crippen molar-refractivity contribution in [2.75, 3.05) is 14.2 Å². The molecule has 5 nitrogen and oxygen atoms in total. The molecule has 4 rings (SSSR count). The summed E-state index contributed by atoms with van der Waals surface area (Å²) in [5, 5.41) is 1.98. The molecule has 0 radical (unpaired) electrons. The molecular weight excluding hydrogens is 352 g/mol. The highest BCUT2D eigenvalue weighted by molar-refractivity contribution is 6.12. The number of rotatable bonds is 3. The molecule has 2 aromatic carbocycles. The van der Waals surface area contributed by atoms with Gasteiger partial charge in [0.2, 0.25) is 0 Å². The van der Waals surface area contributed by atoms with E-state index in [1.807, 2.05) is 48.5 Å². The van der Waals surface area contributed by atoms with Gasteiger partial charge in [0, 0.05) is 21.9 Å². The van der Waals surface area contributed by atoms with E-state index in [4.69, 9.17) is 9.47 Å². The fourth-order valence-electron chi connectivity index (χ4n) is 3.01. The Labute approximate surface area is 156 Å². The summed E-state index contributed by atoms with van der Waals surface area (Å²) in [7, 11) is 2.98. The lowest BCUT2D eigenvalue weighted by molar-refractivity contribution is 0.0594. The number of esters is 1. The third kappa shape index (κ3) is 2.86. The van der Waals surface area contributed by atoms with Crippen LogP contribution in [0.2, 0.25) is 0 Å². The molecule has 0 saturated heterocycles. The van der Waals surface area contributed by atoms with Gasteiger partial charge in [-0.25, -0.2) is 9.78 Å². The van der Waals surface area contributed by atoms with Crippen molar-refractivity contribution in [2.45, 2.75) is 0 Å². The van der Waals surface area contributed by atoms with Crippen LogP contribution in [-0.4, -0.2) is 30.2 Å². The zero-order chi connectivity index (χ0) is 17.4. The highest BCUT2D eigenvalue weighted by Gasteiger charge is 2.17. The first-order valence-corrected chi connectivity index (χ1v) is 7.85. The number of aromatic amines is 1. The van der Waals surface area contributed by atoms with Crippen molar-refractivity contribution in [1.29, 1.82) is 0 Å². The van der Waals surface area contributed by atoms with Gasteiger partial charge in [-0.15, -0.1) is 12.4 Å². The predicted molar refractivity (Wildman–Crippen MR) is 104 cm³/mol. The van der Waals surface area contributed by atoms with Gasteiger partial charge in [-0.2, -0.15) is 0 Å². The molecule has 0 bridgehead atoms. The van der Waals surface area contributed by atoms with Crippen molar-refractivity contribution in [3.8, 4) is 17.0 Å². The lowest BCUT2D eigenvalue weighted by atomic mass is 10.1. The summed E-state index contributed by atoms with van der Waals surface area (Å²) in [5.74, 6) is 0.308. The third-order valence-electron chi connectivity index (χ3n) is 4.25. The molecule has 0 amide bonds. The van der Waals surface area contributed by atoms with Gasteiger partial charge in [0.1, 0.15) is 11.4 Å². The Morgan fingerprint density at radius 2 is 1.73 bits per heavy atom. The van der Waals surface area contributed by atoms with Crippen molar-refractivity contribution < 1.29 is 14.3 Å². The molecule has 0 aliphatic carbocycles. The van der Waals surface area contributed by atoms with Crippen LogP contribution in [-0.2, 0) is 4.74 Å². The second-order valence-electron chi connectivity index (χ2n) is 5.67. The first-order valence-electron chi connectivity index (χ1n) is 7.85. The molecule has 132 valence electrons. The van der Waals surface area contributed by atoms with Crippen LogP contribution in [0.15, 0.2) is 54.6 Å². The van der Waals surface area contributed by atoms with Gasteiger partial charge in [-0.05, 0) is 36.4 Å². The number of para-hydroxylation sites is 1. The molecule has 1 N–H and O–H groups in total. The van der Waals surface area contributed by atoms with Crippen LogP contribution in [0.5, 0.6) is 5.75 Å². The number of nitrogens with zero attached hydrogens (tertiary/aromatic N) is 1. The molecule has 0 spiro atoms. The smallest absolute Gasteiger partial charge is 0.356 e. The zero-order valence-corrected chi connectivity index (χ0v) is 15.1. The second-order valence-corrected chi connectivity index (χ2v) is 5.67. The number of fused-ring (bicyclic) bond motifs is 3. The van der Waals surface area contributed by atoms with Crippen LogP contribution in [0, 0.1) is 0 Å². The zero-order valence-electron chi connectivity index (χ0n) is 14.3. The number of hydrogen-bond donors (Lipinski definition) is 1. The van der Waals surface area contributed by atoms with Gasteiger partial charge in [0.15, 0.2) is 0 Å². The summed E-state index contributed by atoms with van der Waals surface area (Å²) in [4.78, 5) is 20.0. The van der Waals surface area contributed by atoms with Crippen molar-refractivity contribution in [2.24, 2.45) is 0 Å². The number of pyridine rings is 1. The van der Waals surface area contributed by atoms with Crippen molar-refractivity contribution >= 4 is 40.2 Å². The summed E-state index contributed by atoms with van der Waals surface area (Å²) in [6.07, 6.45) is 0. The largest absolute Gasteiger partial charge is 0.497 e. The number of hydrogen-bond acceptors (Lipinski definition) is 4.